The number of nitrogens with zero attached hydrogens (tertiary/aromatic N) is 3. The number of thioether (sulfide) groups is 1. The molecule has 1 aliphatic heterocycles. The summed E-state index contributed by atoms with van der Waals surface area (Å²) in [6.45, 7) is 5.81. The first-order chi connectivity index (χ1) is 13.5. The number of rotatable bonds is 4. The highest BCUT2D eigenvalue weighted by Crippen LogP contribution is 2.38. The zero-order valence-corrected chi connectivity index (χ0v) is 16.7. The zero-order valence-electron chi connectivity index (χ0n) is 15.8. The van der Waals surface area contributed by atoms with E-state index < -0.39 is 0 Å². The van der Waals surface area contributed by atoms with Gasteiger partial charge in [0.15, 0.2) is 0 Å². The molecule has 3 aromatic rings. The van der Waals surface area contributed by atoms with Crippen LogP contribution in [0.3, 0.4) is 0 Å². The maximum atomic E-state index is 11.3. The smallest absolute Gasteiger partial charge is 0.274 e. The van der Waals surface area contributed by atoms with E-state index in [1.54, 1.807) is 30.8 Å². The van der Waals surface area contributed by atoms with Gasteiger partial charge in [-0.2, -0.15) is 5.10 Å². The van der Waals surface area contributed by atoms with E-state index >= 15 is 0 Å². The first kappa shape index (κ1) is 18.3. The van der Waals surface area contributed by atoms with E-state index in [0.29, 0.717) is 5.56 Å². The lowest BCUT2D eigenvalue weighted by molar-refractivity contribution is -0.385. The van der Waals surface area contributed by atoms with Crippen LogP contribution in [0, 0.1) is 30.9 Å². The number of nitro benzene ring substituents is 1. The number of benzene rings is 2. The van der Waals surface area contributed by atoms with E-state index in [-0.39, 0.29) is 16.0 Å². The maximum Gasteiger partial charge on any atom is 0.274 e. The lowest BCUT2D eigenvalue weighted by Crippen LogP contribution is -2.08. The summed E-state index contributed by atoms with van der Waals surface area (Å²) < 4.78 is 2.06. The Morgan fingerprint density at radius 1 is 1.11 bits per heavy atom. The normalized spacial score (nSPS) is 16.0. The highest BCUT2D eigenvalue weighted by molar-refractivity contribution is 8.14. The van der Waals surface area contributed by atoms with Gasteiger partial charge in [-0.05, 0) is 32.9 Å². The van der Waals surface area contributed by atoms with Crippen LogP contribution in [-0.2, 0) is 0 Å². The van der Waals surface area contributed by atoms with E-state index in [4.69, 9.17) is 0 Å². The molecule has 0 saturated carbocycles. The Bertz CT molecular complexity index is 1090. The molecule has 4 rings (SSSR count). The first-order valence-corrected chi connectivity index (χ1v) is 9.83. The van der Waals surface area contributed by atoms with Gasteiger partial charge >= 0.3 is 0 Å². The van der Waals surface area contributed by atoms with E-state index in [1.165, 1.54) is 0 Å². The van der Waals surface area contributed by atoms with E-state index in [2.05, 4.69) is 21.2 Å². The van der Waals surface area contributed by atoms with Crippen LogP contribution in [0.5, 0.6) is 0 Å². The highest BCUT2D eigenvalue weighted by atomic mass is 32.2. The standard InChI is InChI=1S/C21H20N4O2S/c1-13-9-10-17(12-19(13)25(26)27)24-14(2)11-18(15(24)3)21-23-22-20(28-21)16-7-5-4-6-8-16/h4-12,21,23H,1-3H3/t21-/m0/s1. The second-order valence-electron chi connectivity index (χ2n) is 6.80. The molecule has 7 heteroatoms. The van der Waals surface area contributed by atoms with Gasteiger partial charge in [0.1, 0.15) is 10.4 Å². The van der Waals surface area contributed by atoms with Gasteiger partial charge in [-0.15, -0.1) is 0 Å². The van der Waals surface area contributed by atoms with Crippen molar-refractivity contribution in [1.82, 2.24) is 9.99 Å². The van der Waals surface area contributed by atoms with Gasteiger partial charge in [-0.3, -0.25) is 15.5 Å². The second-order valence-corrected chi connectivity index (χ2v) is 7.89. The molecule has 0 fully saturated rings. The summed E-state index contributed by atoms with van der Waals surface area (Å²) in [6, 6.07) is 17.6. The zero-order chi connectivity index (χ0) is 19.8. The molecule has 0 spiro atoms. The minimum absolute atomic E-state index is 0.00981. The molecule has 28 heavy (non-hydrogen) atoms. The van der Waals surface area contributed by atoms with Crippen LogP contribution in [0.4, 0.5) is 5.69 Å². The van der Waals surface area contributed by atoms with Gasteiger partial charge < -0.3 is 4.57 Å². The molecule has 142 valence electrons. The molecule has 1 aliphatic rings. The molecule has 0 saturated heterocycles. The Kier molecular flexibility index (Phi) is 4.68. The first-order valence-electron chi connectivity index (χ1n) is 8.95. The van der Waals surface area contributed by atoms with Crippen molar-refractivity contribution in [2.45, 2.75) is 26.1 Å². The van der Waals surface area contributed by atoms with Crippen LogP contribution in [0.1, 0.15) is 33.5 Å². The highest BCUT2D eigenvalue weighted by Gasteiger charge is 2.26. The van der Waals surface area contributed by atoms with Gasteiger partial charge in [0.05, 0.1) is 10.6 Å². The number of aromatic nitrogens is 1. The molecular weight excluding hydrogens is 372 g/mol. The van der Waals surface area contributed by atoms with Gasteiger partial charge in [-0.1, -0.05) is 48.2 Å². The van der Waals surface area contributed by atoms with Crippen molar-refractivity contribution >= 4 is 22.5 Å². The Balaban J connectivity index is 1.66. The summed E-state index contributed by atoms with van der Waals surface area (Å²) in [5, 5.41) is 16.8. The molecule has 0 bridgehead atoms. The molecular formula is C21H20N4O2S. The Morgan fingerprint density at radius 3 is 2.57 bits per heavy atom. The fourth-order valence-electron chi connectivity index (χ4n) is 3.51. The van der Waals surface area contributed by atoms with Crippen LogP contribution < -0.4 is 5.43 Å². The Labute approximate surface area is 167 Å². The number of hydrogen-bond donors (Lipinski definition) is 1. The van der Waals surface area contributed by atoms with Crippen molar-refractivity contribution in [1.29, 1.82) is 0 Å². The predicted molar refractivity (Wildman–Crippen MR) is 113 cm³/mol. The van der Waals surface area contributed by atoms with Gasteiger partial charge in [0, 0.05) is 34.1 Å². The van der Waals surface area contributed by atoms with Crippen LogP contribution in [0.2, 0.25) is 0 Å². The second kappa shape index (κ2) is 7.16. The van der Waals surface area contributed by atoms with E-state index in [1.807, 2.05) is 50.2 Å². The molecule has 2 aromatic carbocycles. The Morgan fingerprint density at radius 2 is 1.86 bits per heavy atom. The molecule has 0 radical (unpaired) electrons. The topological polar surface area (TPSA) is 72.5 Å². The third-order valence-corrected chi connectivity index (χ3v) is 6.08. The number of hydrogen-bond acceptors (Lipinski definition) is 5. The van der Waals surface area contributed by atoms with E-state index in [0.717, 1.165) is 33.2 Å². The van der Waals surface area contributed by atoms with Crippen LogP contribution in [-0.4, -0.2) is 14.5 Å². The summed E-state index contributed by atoms with van der Waals surface area (Å²) in [7, 11) is 0. The van der Waals surface area contributed by atoms with Gasteiger partial charge in [0.25, 0.3) is 5.69 Å². The molecule has 0 amide bonds. The number of aryl methyl sites for hydroxylation is 2. The molecule has 0 unspecified atom stereocenters. The molecule has 0 aliphatic carbocycles. The van der Waals surface area contributed by atoms with Crippen LogP contribution in [0.25, 0.3) is 5.69 Å². The quantitative estimate of drug-likeness (QED) is 0.500. The minimum atomic E-state index is -0.331. The van der Waals surface area contributed by atoms with Crippen molar-refractivity contribution in [2.75, 3.05) is 0 Å². The lowest BCUT2D eigenvalue weighted by atomic mass is 10.2. The number of nitro groups is 1. The van der Waals surface area contributed by atoms with Crippen LogP contribution in [0.15, 0.2) is 59.7 Å². The molecule has 6 nitrogen and oxygen atoms in total. The van der Waals surface area contributed by atoms with Crippen molar-refractivity contribution in [2.24, 2.45) is 5.10 Å². The third-order valence-electron chi connectivity index (χ3n) is 4.93. The third kappa shape index (κ3) is 3.18. The molecule has 2 heterocycles. The number of hydrazone groups is 1. The fourth-order valence-corrected chi connectivity index (χ4v) is 4.58. The van der Waals surface area contributed by atoms with Gasteiger partial charge in [-0.25, -0.2) is 0 Å². The number of nitrogens with one attached hydrogen (secondary N) is 1. The summed E-state index contributed by atoms with van der Waals surface area (Å²) in [5.41, 5.74) is 9.10. The fraction of sp³-hybridized carbons (Fsp3) is 0.190. The minimum Gasteiger partial charge on any atom is -0.318 e. The Hall–Kier alpha value is -3.06. The lowest BCUT2D eigenvalue weighted by Gasteiger charge is -2.13. The molecule has 1 aromatic heterocycles. The van der Waals surface area contributed by atoms with Gasteiger partial charge in [0.2, 0.25) is 0 Å². The summed E-state index contributed by atoms with van der Waals surface area (Å²) in [5.74, 6) is 0. The summed E-state index contributed by atoms with van der Waals surface area (Å²) in [4.78, 5) is 11.0. The molecule has 1 atom stereocenters. The van der Waals surface area contributed by atoms with Crippen molar-refractivity contribution in [3.8, 4) is 5.69 Å². The largest absolute Gasteiger partial charge is 0.318 e. The maximum absolute atomic E-state index is 11.3. The van der Waals surface area contributed by atoms with Crippen LogP contribution >= 0.6 is 11.8 Å². The molecule has 1 N–H and O–H groups in total. The van der Waals surface area contributed by atoms with Crippen molar-refractivity contribution in [3.05, 3.63) is 92.8 Å². The average Bonchev–Trinajstić information content (AvgIpc) is 3.28. The average molecular weight is 392 g/mol. The summed E-state index contributed by atoms with van der Waals surface area (Å²) >= 11 is 1.68. The van der Waals surface area contributed by atoms with Crippen molar-refractivity contribution in [3.63, 3.8) is 0 Å². The monoisotopic (exact) mass is 392 g/mol. The summed E-state index contributed by atoms with van der Waals surface area (Å²) in [6.07, 6.45) is 0. The van der Waals surface area contributed by atoms with Crippen molar-refractivity contribution < 1.29 is 4.92 Å². The predicted octanol–water partition coefficient (Wildman–Crippen LogP) is 5.01. The SMILES string of the molecule is Cc1ccc(-n2c(C)cc([C@H]3NN=C(c4ccccc4)S3)c2C)cc1[N+](=O)[O-]. The van der Waals surface area contributed by atoms with E-state index in [9.17, 15) is 10.1 Å².